The van der Waals surface area contributed by atoms with Crippen molar-refractivity contribution < 1.29 is 49.1 Å². The molecule has 0 saturated heterocycles. The van der Waals surface area contributed by atoms with Crippen LogP contribution in [-0.4, -0.2) is 98.3 Å². The van der Waals surface area contributed by atoms with E-state index in [9.17, 15) is 29.4 Å². The van der Waals surface area contributed by atoms with E-state index >= 15 is 0 Å². The molecule has 0 aliphatic carbocycles. The zero-order chi connectivity index (χ0) is 33.0. The number of hydrogen-bond donors (Lipinski definition) is 2. The minimum atomic E-state index is -1.01. The van der Waals surface area contributed by atoms with Gasteiger partial charge in [0.2, 0.25) is 0 Å². The van der Waals surface area contributed by atoms with E-state index < -0.39 is 45.5 Å². The number of carbonyl (C=O) groups is 4. The first-order chi connectivity index (χ1) is 19.2. The first-order valence-electron chi connectivity index (χ1n) is 15.2. The van der Waals surface area contributed by atoms with E-state index in [4.69, 9.17) is 19.7 Å². The topological polar surface area (TPSA) is 173 Å². The third-order valence-corrected chi connectivity index (χ3v) is 7.62. The summed E-state index contributed by atoms with van der Waals surface area (Å²) in [6.45, 7) is 16.1. The van der Waals surface area contributed by atoms with Crippen LogP contribution >= 0.6 is 0 Å². The molecule has 11 heteroatoms. The van der Waals surface area contributed by atoms with Crippen molar-refractivity contribution in [2.24, 2.45) is 21.7 Å². The quantitative estimate of drug-likeness (QED) is 0.115. The molecule has 0 aromatic heterocycles. The Balaban J connectivity index is -0.000000727. The van der Waals surface area contributed by atoms with Crippen LogP contribution in [0, 0.1) is 21.7 Å². The van der Waals surface area contributed by atoms with Crippen molar-refractivity contribution in [2.45, 2.75) is 132 Å². The minimum absolute atomic E-state index is 0. The van der Waals surface area contributed by atoms with Gasteiger partial charge in [-0.05, 0) is 79.1 Å². The average molecular weight is 643 g/mol. The predicted molar refractivity (Wildman–Crippen MR) is 163 cm³/mol. The van der Waals surface area contributed by atoms with E-state index in [1.165, 1.54) is 0 Å². The Morgan fingerprint density at radius 2 is 0.674 bits per heavy atom. The van der Waals surface area contributed by atoms with Gasteiger partial charge in [0.15, 0.2) is 0 Å². The molecule has 10 nitrogen and oxygen atoms in total. The number of carboxylic acids is 4. The van der Waals surface area contributed by atoms with E-state index in [-0.39, 0.29) is 37.7 Å². The molecular formula is C32H58CaO10. The van der Waals surface area contributed by atoms with Crippen LogP contribution in [0.5, 0.6) is 0 Å². The van der Waals surface area contributed by atoms with Crippen molar-refractivity contribution in [2.75, 3.05) is 26.4 Å². The Labute approximate surface area is 289 Å². The van der Waals surface area contributed by atoms with Crippen LogP contribution in [0.1, 0.15) is 132 Å². The fraction of sp³-hybridized carbons (Fsp3) is 0.875. The number of carboxylic acid groups (broad SMARTS) is 4. The molecule has 0 aliphatic heterocycles. The van der Waals surface area contributed by atoms with Crippen molar-refractivity contribution in [3.8, 4) is 0 Å². The molecule has 0 spiro atoms. The average Bonchev–Trinajstić information content (AvgIpc) is 2.86. The van der Waals surface area contributed by atoms with E-state index in [0.29, 0.717) is 52.1 Å². The molecule has 0 atom stereocenters. The Morgan fingerprint density at radius 1 is 0.465 bits per heavy atom. The molecule has 0 aliphatic rings. The van der Waals surface area contributed by atoms with E-state index in [0.717, 1.165) is 51.4 Å². The summed E-state index contributed by atoms with van der Waals surface area (Å²) in [6, 6.07) is 0. The molecule has 0 unspecified atom stereocenters. The first-order valence-corrected chi connectivity index (χ1v) is 15.2. The summed E-state index contributed by atoms with van der Waals surface area (Å²) >= 11 is 0. The van der Waals surface area contributed by atoms with E-state index in [1.54, 1.807) is 55.4 Å². The summed E-state index contributed by atoms with van der Waals surface area (Å²) in [5.74, 6) is -3.55. The molecule has 0 saturated carbocycles. The second kappa shape index (κ2) is 23.4. The number of unbranched alkanes of at least 4 members (excludes halogenated alkanes) is 4. The maximum Gasteiger partial charge on any atom is 2.00 e. The molecule has 0 heterocycles. The third-order valence-electron chi connectivity index (χ3n) is 7.62. The molecule has 0 rings (SSSR count). The van der Waals surface area contributed by atoms with E-state index in [1.807, 2.05) is 0 Å². The summed E-state index contributed by atoms with van der Waals surface area (Å²) in [5.41, 5.74) is -2.89. The Kier molecular flexibility index (Phi) is 25.3. The minimum Gasteiger partial charge on any atom is -0.550 e. The zero-order valence-corrected chi connectivity index (χ0v) is 30.4. The number of carbonyl (C=O) groups excluding carboxylic acids is 2. The van der Waals surface area contributed by atoms with Gasteiger partial charge < -0.3 is 39.5 Å². The normalized spacial score (nSPS) is 12.1. The zero-order valence-electron chi connectivity index (χ0n) is 28.2. The first kappa shape index (κ1) is 46.5. The number of ether oxygens (including phenoxy) is 2. The third kappa shape index (κ3) is 24.0. The van der Waals surface area contributed by atoms with Crippen molar-refractivity contribution in [3.63, 3.8) is 0 Å². The Morgan fingerprint density at radius 3 is 0.860 bits per heavy atom. The molecule has 0 fully saturated rings. The molecule has 0 bridgehead atoms. The van der Waals surface area contributed by atoms with Gasteiger partial charge in [0.25, 0.3) is 0 Å². The van der Waals surface area contributed by atoms with Crippen LogP contribution < -0.4 is 10.2 Å². The van der Waals surface area contributed by atoms with Crippen molar-refractivity contribution in [1.29, 1.82) is 0 Å². The van der Waals surface area contributed by atoms with Gasteiger partial charge in [-0.3, -0.25) is 9.59 Å². The van der Waals surface area contributed by atoms with Crippen LogP contribution in [0.25, 0.3) is 0 Å². The van der Waals surface area contributed by atoms with Gasteiger partial charge in [0, 0.05) is 49.2 Å². The molecule has 43 heavy (non-hydrogen) atoms. The predicted octanol–water partition coefficient (Wildman–Crippen LogP) is 4.08. The SMILES string of the molecule is CC(C)(CCCCOCCCCC(C)(C)C(=O)O)C(=O)[O-].CC(C)(CCCCOCCCCC(C)(C)C(=O)O)C(=O)[O-].[Ca+2]. The second-order valence-corrected chi connectivity index (χ2v) is 13.8. The smallest absolute Gasteiger partial charge is 0.550 e. The van der Waals surface area contributed by atoms with Gasteiger partial charge >= 0.3 is 49.7 Å². The molecule has 0 aromatic carbocycles. The summed E-state index contributed by atoms with van der Waals surface area (Å²) < 4.78 is 10.9. The fourth-order valence-electron chi connectivity index (χ4n) is 3.71. The standard InChI is InChI=1S/2C16H30O5.Ca/c2*1-15(2,13(17)18)9-5-7-11-21-12-8-6-10-16(3,4)14(19)20;/h2*5-12H2,1-4H3,(H,17,18)(H,19,20);/q;;+2/p-2. The van der Waals surface area contributed by atoms with Crippen LogP contribution in [0.2, 0.25) is 0 Å². The molecule has 0 amide bonds. The van der Waals surface area contributed by atoms with Crippen LogP contribution in [0.15, 0.2) is 0 Å². The van der Waals surface area contributed by atoms with Gasteiger partial charge in [-0.25, -0.2) is 0 Å². The van der Waals surface area contributed by atoms with Gasteiger partial charge in [-0.2, -0.15) is 0 Å². The largest absolute Gasteiger partial charge is 2.00 e. The summed E-state index contributed by atoms with van der Waals surface area (Å²) in [5, 5.41) is 39.5. The number of aliphatic carboxylic acids is 4. The molecule has 248 valence electrons. The van der Waals surface area contributed by atoms with Crippen LogP contribution in [-0.2, 0) is 28.7 Å². The van der Waals surface area contributed by atoms with Crippen molar-refractivity contribution >= 4 is 61.6 Å². The second-order valence-electron chi connectivity index (χ2n) is 13.8. The number of rotatable bonds is 24. The maximum absolute atomic E-state index is 10.9. The molecular weight excluding hydrogens is 584 g/mol. The molecule has 0 aromatic rings. The van der Waals surface area contributed by atoms with Gasteiger partial charge in [0.05, 0.1) is 10.8 Å². The Hall–Kier alpha value is -0.940. The fourth-order valence-corrected chi connectivity index (χ4v) is 3.71. The van der Waals surface area contributed by atoms with Gasteiger partial charge in [-0.1, -0.05) is 53.4 Å². The van der Waals surface area contributed by atoms with E-state index in [2.05, 4.69) is 0 Å². The molecule has 0 radical (unpaired) electrons. The summed E-state index contributed by atoms with van der Waals surface area (Å²) in [4.78, 5) is 43.4. The summed E-state index contributed by atoms with van der Waals surface area (Å²) in [6.07, 6.45) is 9.08. The van der Waals surface area contributed by atoms with Crippen LogP contribution in [0.3, 0.4) is 0 Å². The van der Waals surface area contributed by atoms with Crippen molar-refractivity contribution in [1.82, 2.24) is 0 Å². The maximum atomic E-state index is 10.9. The van der Waals surface area contributed by atoms with Gasteiger partial charge in [-0.15, -0.1) is 0 Å². The molecule has 2 N–H and O–H groups in total. The monoisotopic (exact) mass is 642 g/mol. The van der Waals surface area contributed by atoms with Crippen LogP contribution in [0.4, 0.5) is 0 Å². The number of hydrogen-bond acceptors (Lipinski definition) is 8. The Bertz CT molecular complexity index is 676. The van der Waals surface area contributed by atoms with Crippen molar-refractivity contribution in [3.05, 3.63) is 0 Å². The van der Waals surface area contributed by atoms with Gasteiger partial charge in [0.1, 0.15) is 0 Å². The summed E-state index contributed by atoms with van der Waals surface area (Å²) in [7, 11) is 0.